The molecule has 2 rings (SSSR count). The molecule has 1 aromatic carbocycles. The fourth-order valence-corrected chi connectivity index (χ4v) is 4.08. The van der Waals surface area contributed by atoms with Crippen molar-refractivity contribution >= 4 is 31.9 Å². The highest BCUT2D eigenvalue weighted by molar-refractivity contribution is 9.11. The van der Waals surface area contributed by atoms with Gasteiger partial charge in [-0.15, -0.1) is 6.58 Å². The Morgan fingerprint density at radius 1 is 1.47 bits per heavy atom. The van der Waals surface area contributed by atoms with Crippen LogP contribution in [0.4, 0.5) is 0 Å². The van der Waals surface area contributed by atoms with Crippen molar-refractivity contribution in [3.8, 4) is 5.75 Å². The number of rotatable bonds is 2. The number of aromatic hydroxyl groups is 1. The molecule has 0 aromatic heterocycles. The second-order valence-corrected chi connectivity index (χ2v) is 6.08. The molecule has 0 saturated heterocycles. The zero-order valence-corrected chi connectivity index (χ0v) is 12.5. The topological polar surface area (TPSA) is 40.5 Å². The summed E-state index contributed by atoms with van der Waals surface area (Å²) < 4.78 is 1.25. The van der Waals surface area contributed by atoms with E-state index in [1.165, 1.54) is 0 Å². The molecule has 0 heterocycles. The van der Waals surface area contributed by atoms with Gasteiger partial charge in [0.15, 0.2) is 0 Å². The van der Waals surface area contributed by atoms with E-state index in [1.807, 2.05) is 6.07 Å². The Labute approximate surface area is 118 Å². The summed E-state index contributed by atoms with van der Waals surface area (Å²) in [6.07, 6.45) is 4.79. The van der Waals surface area contributed by atoms with Crippen LogP contribution in [0.2, 0.25) is 0 Å². The van der Waals surface area contributed by atoms with Crippen LogP contribution in [0, 0.1) is 0 Å². The number of phenols is 1. The van der Waals surface area contributed by atoms with Gasteiger partial charge < -0.3 is 10.2 Å². The Kier molecular flexibility index (Phi) is 3.66. The van der Waals surface area contributed by atoms with Crippen LogP contribution in [0.15, 0.2) is 27.7 Å². The van der Waals surface area contributed by atoms with E-state index in [-0.39, 0.29) is 5.75 Å². The molecular formula is C13H14Br2O2. The predicted molar refractivity (Wildman–Crippen MR) is 75.2 cm³/mol. The van der Waals surface area contributed by atoms with Gasteiger partial charge in [0.25, 0.3) is 0 Å². The van der Waals surface area contributed by atoms with Gasteiger partial charge in [0.1, 0.15) is 5.75 Å². The number of aliphatic hydroxyl groups is 1. The van der Waals surface area contributed by atoms with E-state index in [4.69, 9.17) is 0 Å². The van der Waals surface area contributed by atoms with Crippen molar-refractivity contribution in [2.24, 2.45) is 0 Å². The molecule has 0 bridgehead atoms. The molecule has 2 N–H and O–H groups in total. The van der Waals surface area contributed by atoms with E-state index < -0.39 is 5.60 Å². The lowest BCUT2D eigenvalue weighted by molar-refractivity contribution is 0.0208. The van der Waals surface area contributed by atoms with Crippen LogP contribution < -0.4 is 0 Å². The SMILES string of the molecule is C=CC[C@]1(O)CCCc2cc(Br)c(O)c(Br)c21. The molecule has 0 aliphatic heterocycles. The number of halogens is 2. The first-order valence-electron chi connectivity index (χ1n) is 5.53. The highest BCUT2D eigenvalue weighted by Gasteiger charge is 2.36. The van der Waals surface area contributed by atoms with Crippen molar-refractivity contribution in [3.63, 3.8) is 0 Å². The zero-order valence-electron chi connectivity index (χ0n) is 9.34. The number of aryl methyl sites for hydroxylation is 1. The van der Waals surface area contributed by atoms with E-state index in [9.17, 15) is 10.2 Å². The van der Waals surface area contributed by atoms with Gasteiger partial charge in [-0.2, -0.15) is 0 Å². The van der Waals surface area contributed by atoms with Gasteiger partial charge in [0.05, 0.1) is 14.5 Å². The van der Waals surface area contributed by atoms with E-state index in [0.29, 0.717) is 21.8 Å². The average Bonchev–Trinajstić information content (AvgIpc) is 2.26. The lowest BCUT2D eigenvalue weighted by Crippen LogP contribution is -2.30. The van der Waals surface area contributed by atoms with Crippen LogP contribution in [0.3, 0.4) is 0 Å². The summed E-state index contributed by atoms with van der Waals surface area (Å²) in [5.74, 6) is 0.146. The van der Waals surface area contributed by atoms with Crippen LogP contribution in [0.1, 0.15) is 30.4 Å². The number of benzene rings is 1. The third-order valence-electron chi connectivity index (χ3n) is 3.26. The van der Waals surface area contributed by atoms with Gasteiger partial charge in [-0.25, -0.2) is 0 Å². The van der Waals surface area contributed by atoms with Gasteiger partial charge in [-0.05, 0) is 69.2 Å². The molecule has 92 valence electrons. The molecule has 0 unspecified atom stereocenters. The van der Waals surface area contributed by atoms with Gasteiger partial charge in [-0.1, -0.05) is 6.08 Å². The lowest BCUT2D eigenvalue weighted by atomic mass is 9.77. The van der Waals surface area contributed by atoms with Gasteiger partial charge in [-0.3, -0.25) is 0 Å². The van der Waals surface area contributed by atoms with E-state index in [0.717, 1.165) is 24.0 Å². The Morgan fingerprint density at radius 2 is 2.18 bits per heavy atom. The molecule has 17 heavy (non-hydrogen) atoms. The summed E-state index contributed by atoms with van der Waals surface area (Å²) in [5.41, 5.74) is 0.980. The van der Waals surface area contributed by atoms with Crippen molar-refractivity contribution in [1.29, 1.82) is 0 Å². The second kappa shape index (κ2) is 4.75. The molecule has 0 radical (unpaired) electrons. The van der Waals surface area contributed by atoms with Gasteiger partial charge in [0, 0.05) is 5.56 Å². The Bertz CT molecular complexity index is 471. The van der Waals surface area contributed by atoms with Crippen molar-refractivity contribution in [1.82, 2.24) is 0 Å². The summed E-state index contributed by atoms with van der Waals surface area (Å²) in [7, 11) is 0. The Hall–Kier alpha value is -0.320. The molecule has 0 fully saturated rings. The molecule has 0 spiro atoms. The van der Waals surface area contributed by atoms with E-state index in [2.05, 4.69) is 38.4 Å². The third kappa shape index (κ3) is 2.18. The number of fused-ring (bicyclic) bond motifs is 1. The molecule has 0 amide bonds. The quantitative estimate of drug-likeness (QED) is 0.781. The Balaban J connectivity index is 2.65. The summed E-state index contributed by atoms with van der Waals surface area (Å²) in [5, 5.41) is 20.6. The fourth-order valence-electron chi connectivity index (χ4n) is 2.50. The van der Waals surface area contributed by atoms with Gasteiger partial charge >= 0.3 is 0 Å². The zero-order chi connectivity index (χ0) is 12.6. The lowest BCUT2D eigenvalue weighted by Gasteiger charge is -2.35. The summed E-state index contributed by atoms with van der Waals surface area (Å²) in [6, 6.07) is 1.89. The highest BCUT2D eigenvalue weighted by atomic mass is 79.9. The van der Waals surface area contributed by atoms with Crippen molar-refractivity contribution < 1.29 is 10.2 Å². The molecule has 1 aliphatic carbocycles. The largest absolute Gasteiger partial charge is 0.506 e. The maximum Gasteiger partial charge on any atom is 0.144 e. The smallest absolute Gasteiger partial charge is 0.144 e. The fraction of sp³-hybridized carbons (Fsp3) is 0.385. The van der Waals surface area contributed by atoms with Crippen molar-refractivity contribution in [2.45, 2.75) is 31.3 Å². The second-order valence-electron chi connectivity index (χ2n) is 4.43. The highest BCUT2D eigenvalue weighted by Crippen LogP contribution is 2.47. The van der Waals surface area contributed by atoms with E-state index >= 15 is 0 Å². The monoisotopic (exact) mass is 360 g/mol. The molecule has 1 aromatic rings. The van der Waals surface area contributed by atoms with Crippen LogP contribution in [0.25, 0.3) is 0 Å². The van der Waals surface area contributed by atoms with Crippen LogP contribution in [-0.4, -0.2) is 10.2 Å². The maximum absolute atomic E-state index is 10.7. The number of phenolic OH excluding ortho intramolecular Hbond substituents is 1. The first-order valence-corrected chi connectivity index (χ1v) is 7.12. The van der Waals surface area contributed by atoms with Crippen molar-refractivity contribution in [2.75, 3.05) is 0 Å². The molecule has 4 heteroatoms. The first-order chi connectivity index (χ1) is 7.99. The molecule has 1 atom stereocenters. The van der Waals surface area contributed by atoms with Crippen LogP contribution >= 0.6 is 31.9 Å². The minimum absolute atomic E-state index is 0.146. The van der Waals surface area contributed by atoms with Crippen LogP contribution in [-0.2, 0) is 12.0 Å². The van der Waals surface area contributed by atoms with Gasteiger partial charge in [0.2, 0.25) is 0 Å². The minimum Gasteiger partial charge on any atom is -0.506 e. The molecule has 2 nitrogen and oxygen atoms in total. The maximum atomic E-state index is 10.7. The van der Waals surface area contributed by atoms with Crippen LogP contribution in [0.5, 0.6) is 5.75 Å². The standard InChI is InChI=1S/C13H14Br2O2/c1-2-5-13(17)6-3-4-8-7-9(14)12(16)11(15)10(8)13/h2,7,16-17H,1,3-6H2/t13-/m0/s1. The normalized spacial score (nSPS) is 23.2. The minimum atomic E-state index is -0.910. The molecule has 0 saturated carbocycles. The Morgan fingerprint density at radius 3 is 2.82 bits per heavy atom. The predicted octanol–water partition coefficient (Wildman–Crippen LogP) is 4.02. The first kappa shape index (κ1) is 13.1. The van der Waals surface area contributed by atoms with E-state index in [1.54, 1.807) is 6.08 Å². The number of hydrogen-bond donors (Lipinski definition) is 2. The molecule has 1 aliphatic rings. The third-order valence-corrected chi connectivity index (χ3v) is 4.64. The summed E-state index contributed by atoms with van der Waals surface area (Å²) >= 11 is 6.71. The number of hydrogen-bond acceptors (Lipinski definition) is 2. The summed E-state index contributed by atoms with van der Waals surface area (Å²) in [4.78, 5) is 0. The van der Waals surface area contributed by atoms with Crippen molar-refractivity contribution in [3.05, 3.63) is 38.8 Å². The molecular weight excluding hydrogens is 348 g/mol. The average molecular weight is 362 g/mol. The summed E-state index contributed by atoms with van der Waals surface area (Å²) in [6.45, 7) is 3.70.